The van der Waals surface area contributed by atoms with Crippen LogP contribution in [0.4, 0.5) is 12.0 Å². The molecule has 9 heteroatoms. The molecule has 0 saturated carbocycles. The molecule has 2 saturated heterocycles. The van der Waals surface area contributed by atoms with Gasteiger partial charge in [0.05, 0.1) is 18.9 Å². The maximum atomic E-state index is 12.8. The molecule has 9 nitrogen and oxygen atoms in total. The van der Waals surface area contributed by atoms with Crippen molar-refractivity contribution in [3.63, 3.8) is 0 Å². The van der Waals surface area contributed by atoms with Crippen molar-refractivity contribution in [3.05, 3.63) is 27.4 Å². The second kappa shape index (κ2) is 7.12. The smallest absolute Gasteiger partial charge is 0.324 e. The van der Waals surface area contributed by atoms with Gasteiger partial charge in [0.2, 0.25) is 5.95 Å². The maximum absolute atomic E-state index is 12.8. The predicted molar refractivity (Wildman–Crippen MR) is 108 cm³/mol. The molecule has 1 atom stereocenters. The van der Waals surface area contributed by atoms with Crippen LogP contribution in [0.2, 0.25) is 0 Å². The SMILES string of the molecule is CC(C)c1noc(N2CCCC3(CCc4c3nc(N3CCOCC3)[nH]c4=O)C2)n1. The molecule has 2 fully saturated rings. The van der Waals surface area contributed by atoms with E-state index in [1.54, 1.807) is 0 Å². The molecule has 1 aliphatic carbocycles. The lowest BCUT2D eigenvalue weighted by atomic mass is 9.77. The summed E-state index contributed by atoms with van der Waals surface area (Å²) in [5.74, 6) is 1.64. The summed E-state index contributed by atoms with van der Waals surface area (Å²) in [6.07, 6.45) is 3.75. The van der Waals surface area contributed by atoms with Crippen molar-refractivity contribution in [2.75, 3.05) is 49.2 Å². The fraction of sp³-hybridized carbons (Fsp3) is 0.700. The lowest BCUT2D eigenvalue weighted by molar-refractivity contribution is 0.122. The molecule has 1 unspecified atom stereocenters. The van der Waals surface area contributed by atoms with Gasteiger partial charge in [0, 0.05) is 43.1 Å². The maximum Gasteiger partial charge on any atom is 0.324 e. The lowest BCUT2D eigenvalue weighted by Crippen LogP contribution is -2.46. The predicted octanol–water partition coefficient (Wildman–Crippen LogP) is 1.60. The van der Waals surface area contributed by atoms with Crippen LogP contribution in [0.1, 0.15) is 56.1 Å². The van der Waals surface area contributed by atoms with Crippen LogP contribution in [0.15, 0.2) is 9.32 Å². The van der Waals surface area contributed by atoms with Crippen LogP contribution in [0.3, 0.4) is 0 Å². The average molecular weight is 400 g/mol. The lowest BCUT2D eigenvalue weighted by Gasteiger charge is -2.39. The van der Waals surface area contributed by atoms with E-state index < -0.39 is 0 Å². The molecular weight excluding hydrogens is 372 g/mol. The first-order chi connectivity index (χ1) is 14.1. The first-order valence-electron chi connectivity index (χ1n) is 10.6. The van der Waals surface area contributed by atoms with E-state index in [-0.39, 0.29) is 16.9 Å². The topological polar surface area (TPSA) is 100 Å². The fourth-order valence-corrected chi connectivity index (χ4v) is 4.85. The van der Waals surface area contributed by atoms with Gasteiger partial charge in [-0.2, -0.15) is 4.98 Å². The number of ether oxygens (including phenoxy) is 1. The van der Waals surface area contributed by atoms with Crippen molar-refractivity contribution < 1.29 is 9.26 Å². The van der Waals surface area contributed by atoms with Crippen LogP contribution in [-0.2, 0) is 16.6 Å². The number of rotatable bonds is 3. The van der Waals surface area contributed by atoms with Crippen LogP contribution < -0.4 is 15.4 Å². The molecule has 0 radical (unpaired) electrons. The molecule has 156 valence electrons. The Balaban J connectivity index is 1.47. The molecule has 29 heavy (non-hydrogen) atoms. The first kappa shape index (κ1) is 18.6. The summed E-state index contributed by atoms with van der Waals surface area (Å²) in [5, 5.41) is 4.12. The van der Waals surface area contributed by atoms with Crippen molar-refractivity contribution in [3.8, 4) is 0 Å². The second-order valence-corrected chi connectivity index (χ2v) is 8.71. The van der Waals surface area contributed by atoms with Gasteiger partial charge in [-0.3, -0.25) is 9.78 Å². The van der Waals surface area contributed by atoms with Gasteiger partial charge in [-0.05, 0) is 25.7 Å². The van der Waals surface area contributed by atoms with Crippen LogP contribution in [-0.4, -0.2) is 59.5 Å². The third-order valence-electron chi connectivity index (χ3n) is 6.46. The van der Waals surface area contributed by atoms with E-state index in [0.717, 1.165) is 68.9 Å². The zero-order chi connectivity index (χ0) is 20.0. The molecule has 4 heterocycles. The summed E-state index contributed by atoms with van der Waals surface area (Å²) < 4.78 is 11.0. The molecular formula is C20H28N6O3. The van der Waals surface area contributed by atoms with Crippen LogP contribution in [0.5, 0.6) is 0 Å². The highest BCUT2D eigenvalue weighted by Gasteiger charge is 2.46. The normalized spacial score (nSPS) is 24.5. The van der Waals surface area contributed by atoms with E-state index in [0.29, 0.717) is 25.2 Å². The van der Waals surface area contributed by atoms with E-state index in [1.165, 1.54) is 0 Å². The zero-order valence-corrected chi connectivity index (χ0v) is 17.1. The van der Waals surface area contributed by atoms with Crippen molar-refractivity contribution in [1.82, 2.24) is 20.1 Å². The van der Waals surface area contributed by atoms with Crippen LogP contribution in [0.25, 0.3) is 0 Å². The molecule has 5 rings (SSSR count). The number of morpholine rings is 1. The molecule has 2 aliphatic heterocycles. The summed E-state index contributed by atoms with van der Waals surface area (Å²) in [6, 6.07) is 0.583. The highest BCUT2D eigenvalue weighted by molar-refractivity contribution is 5.43. The first-order valence-corrected chi connectivity index (χ1v) is 10.6. The van der Waals surface area contributed by atoms with E-state index in [2.05, 4.69) is 38.8 Å². The minimum atomic E-state index is -0.130. The third kappa shape index (κ3) is 3.21. The molecule has 3 aliphatic rings. The molecule has 2 aromatic rings. The van der Waals surface area contributed by atoms with Crippen molar-refractivity contribution in [1.29, 1.82) is 0 Å². The summed E-state index contributed by atoms with van der Waals surface area (Å²) in [4.78, 5) is 29.7. The number of H-pyrrole nitrogens is 1. The summed E-state index contributed by atoms with van der Waals surface area (Å²) in [7, 11) is 0. The third-order valence-corrected chi connectivity index (χ3v) is 6.46. The Morgan fingerprint density at radius 2 is 1.93 bits per heavy atom. The van der Waals surface area contributed by atoms with Gasteiger partial charge in [-0.15, -0.1) is 0 Å². The van der Waals surface area contributed by atoms with E-state index in [9.17, 15) is 4.79 Å². The Kier molecular flexibility index (Phi) is 4.57. The Morgan fingerprint density at radius 1 is 1.10 bits per heavy atom. The molecule has 0 amide bonds. The van der Waals surface area contributed by atoms with Gasteiger partial charge < -0.3 is 19.1 Å². The molecule has 1 N–H and O–H groups in total. The Bertz CT molecular complexity index is 948. The summed E-state index contributed by atoms with van der Waals surface area (Å²) in [6.45, 7) is 8.59. The van der Waals surface area contributed by atoms with E-state index >= 15 is 0 Å². The number of fused-ring (bicyclic) bond motifs is 2. The number of aromatic nitrogens is 4. The summed E-state index contributed by atoms with van der Waals surface area (Å²) in [5.41, 5.74) is 1.69. The van der Waals surface area contributed by atoms with Crippen molar-refractivity contribution >= 4 is 12.0 Å². The number of hydrogen-bond acceptors (Lipinski definition) is 8. The fourth-order valence-electron chi connectivity index (χ4n) is 4.85. The van der Waals surface area contributed by atoms with Gasteiger partial charge in [0.1, 0.15) is 0 Å². The minimum absolute atomic E-state index is 0.00498. The Hall–Kier alpha value is -2.42. The standard InChI is InChI=1S/C20H28N6O3/c1-13(2)16-22-19(29-24-16)26-7-3-5-20(12-26)6-4-14-15(20)21-18(23-17(14)27)25-8-10-28-11-9-25/h13H,3-12H2,1-2H3,(H,21,23,27). The van der Waals surface area contributed by atoms with Crippen molar-refractivity contribution in [2.45, 2.75) is 50.9 Å². The largest absolute Gasteiger partial charge is 0.378 e. The van der Waals surface area contributed by atoms with Gasteiger partial charge in [0.25, 0.3) is 5.56 Å². The minimum Gasteiger partial charge on any atom is -0.378 e. The van der Waals surface area contributed by atoms with E-state index in [1.807, 2.05) is 0 Å². The van der Waals surface area contributed by atoms with E-state index in [4.69, 9.17) is 14.2 Å². The van der Waals surface area contributed by atoms with Gasteiger partial charge in [0.15, 0.2) is 5.82 Å². The molecule has 0 bridgehead atoms. The second-order valence-electron chi connectivity index (χ2n) is 8.71. The highest BCUT2D eigenvalue weighted by atomic mass is 16.5. The Labute approximate surface area is 169 Å². The quantitative estimate of drug-likeness (QED) is 0.829. The molecule has 1 spiro atoms. The number of anilines is 2. The van der Waals surface area contributed by atoms with Crippen LogP contribution >= 0.6 is 0 Å². The number of piperidine rings is 1. The van der Waals surface area contributed by atoms with Gasteiger partial charge in [-0.25, -0.2) is 4.98 Å². The number of aromatic amines is 1. The van der Waals surface area contributed by atoms with Crippen LogP contribution in [0, 0.1) is 0 Å². The van der Waals surface area contributed by atoms with Gasteiger partial charge in [-0.1, -0.05) is 19.0 Å². The van der Waals surface area contributed by atoms with Crippen molar-refractivity contribution in [2.24, 2.45) is 0 Å². The average Bonchev–Trinajstić information content (AvgIpc) is 3.36. The zero-order valence-electron chi connectivity index (χ0n) is 17.1. The summed E-state index contributed by atoms with van der Waals surface area (Å²) >= 11 is 0. The highest BCUT2D eigenvalue weighted by Crippen LogP contribution is 2.44. The van der Waals surface area contributed by atoms with Gasteiger partial charge >= 0.3 is 6.01 Å². The number of nitrogens with one attached hydrogen (secondary N) is 1. The number of hydrogen-bond donors (Lipinski definition) is 1. The monoisotopic (exact) mass is 400 g/mol. The molecule has 0 aromatic carbocycles. The molecule has 2 aromatic heterocycles. The number of nitrogens with zero attached hydrogens (tertiary/aromatic N) is 5. The Morgan fingerprint density at radius 3 is 2.69 bits per heavy atom.